The Kier molecular flexibility index (Phi) is 11.4. The van der Waals surface area contributed by atoms with Gasteiger partial charge >= 0.3 is 0 Å². The van der Waals surface area contributed by atoms with Crippen LogP contribution < -0.4 is 16.8 Å². The molecule has 28 heavy (non-hydrogen) atoms. The number of nitrogens with one attached hydrogen (secondary N) is 1. The molecular weight excluding hydrogens is 374 g/mol. The summed E-state index contributed by atoms with van der Waals surface area (Å²) in [5.74, 6) is 0.552. The summed E-state index contributed by atoms with van der Waals surface area (Å²) in [6.45, 7) is 11.9. The van der Waals surface area contributed by atoms with Crippen molar-refractivity contribution >= 4 is 22.6 Å². The van der Waals surface area contributed by atoms with E-state index in [4.69, 9.17) is 23.1 Å². The van der Waals surface area contributed by atoms with Gasteiger partial charge in [-0.15, -0.1) is 0 Å². The van der Waals surface area contributed by atoms with E-state index in [9.17, 15) is 4.79 Å². The number of hydrogen-bond donors (Lipinski definition) is 3. The molecule has 0 aromatic heterocycles. The van der Waals surface area contributed by atoms with E-state index in [1.165, 1.54) is 32.3 Å². The molecule has 0 aliphatic carbocycles. The molecule has 1 aliphatic rings. The average molecular weight is 412 g/mol. The molecule has 0 spiro atoms. The first-order valence-corrected chi connectivity index (χ1v) is 10.7. The Morgan fingerprint density at radius 2 is 2.07 bits per heavy atom. The Labute approximate surface area is 175 Å². The molecule has 0 amide bonds. The standard InChI is InChI=1S/C21H38ClN5O/c1-5-25-21(22)18(20(24)19(23)12-16(4)28)14-27-11-7-6-8-17(13-27)26-10-9-15(2)3/h12,15,17,26H,5-11,13-14,23-24H2,1-4H3/b19-12-,20-18-,25-21?. The smallest absolute Gasteiger partial charge is 0.154 e. The van der Waals surface area contributed by atoms with Crippen molar-refractivity contribution in [3.8, 4) is 0 Å². The van der Waals surface area contributed by atoms with Crippen molar-refractivity contribution in [1.29, 1.82) is 0 Å². The van der Waals surface area contributed by atoms with E-state index in [1.54, 1.807) is 0 Å². The highest BCUT2D eigenvalue weighted by Gasteiger charge is 2.21. The van der Waals surface area contributed by atoms with E-state index in [1.807, 2.05) is 6.92 Å². The van der Waals surface area contributed by atoms with Gasteiger partial charge in [-0.1, -0.05) is 31.9 Å². The fourth-order valence-corrected chi connectivity index (χ4v) is 3.58. The summed E-state index contributed by atoms with van der Waals surface area (Å²) >= 11 is 6.44. The molecule has 160 valence electrons. The van der Waals surface area contributed by atoms with Crippen molar-refractivity contribution < 1.29 is 4.79 Å². The lowest BCUT2D eigenvalue weighted by Gasteiger charge is -2.27. The van der Waals surface area contributed by atoms with Gasteiger partial charge in [0, 0.05) is 37.3 Å². The predicted molar refractivity (Wildman–Crippen MR) is 120 cm³/mol. The van der Waals surface area contributed by atoms with E-state index in [2.05, 4.69) is 29.1 Å². The van der Waals surface area contributed by atoms with Gasteiger partial charge in [-0.05, 0) is 52.1 Å². The van der Waals surface area contributed by atoms with Crippen LogP contribution in [0, 0.1) is 5.92 Å². The summed E-state index contributed by atoms with van der Waals surface area (Å²) in [6, 6.07) is 0.454. The zero-order valence-electron chi connectivity index (χ0n) is 17.9. The number of hydrogen-bond acceptors (Lipinski definition) is 6. The predicted octanol–water partition coefficient (Wildman–Crippen LogP) is 2.78. The molecule has 0 aromatic rings. The summed E-state index contributed by atoms with van der Waals surface area (Å²) < 4.78 is 0. The van der Waals surface area contributed by atoms with Crippen LogP contribution in [0.15, 0.2) is 28.0 Å². The second-order valence-electron chi connectivity index (χ2n) is 7.93. The van der Waals surface area contributed by atoms with Gasteiger partial charge in [-0.2, -0.15) is 0 Å². The maximum Gasteiger partial charge on any atom is 0.154 e. The Balaban J connectivity index is 2.96. The zero-order valence-corrected chi connectivity index (χ0v) is 18.7. The van der Waals surface area contributed by atoms with Crippen molar-refractivity contribution in [3.63, 3.8) is 0 Å². The normalized spacial score (nSPS) is 20.9. The Hall–Kier alpha value is -1.37. The molecule has 1 aliphatic heterocycles. The molecular formula is C21H38ClN5O. The third kappa shape index (κ3) is 9.22. The molecule has 1 atom stereocenters. The minimum atomic E-state index is -0.146. The van der Waals surface area contributed by atoms with Gasteiger partial charge < -0.3 is 16.8 Å². The van der Waals surface area contributed by atoms with Crippen molar-refractivity contribution in [2.24, 2.45) is 22.4 Å². The number of ketones is 1. The van der Waals surface area contributed by atoms with E-state index >= 15 is 0 Å². The lowest BCUT2D eigenvalue weighted by atomic mass is 10.1. The second kappa shape index (κ2) is 13.0. The summed E-state index contributed by atoms with van der Waals surface area (Å²) in [5, 5.41) is 4.06. The molecule has 0 aromatic carbocycles. The topological polar surface area (TPSA) is 96.7 Å². The number of nitrogens with zero attached hydrogens (tertiary/aromatic N) is 2. The summed E-state index contributed by atoms with van der Waals surface area (Å²) in [7, 11) is 0. The van der Waals surface area contributed by atoms with Crippen molar-refractivity contribution in [2.45, 2.75) is 59.4 Å². The summed E-state index contributed by atoms with van der Waals surface area (Å²) in [4.78, 5) is 18.1. The largest absolute Gasteiger partial charge is 0.397 e. The molecule has 7 heteroatoms. The Morgan fingerprint density at radius 1 is 1.36 bits per heavy atom. The molecule has 0 radical (unpaired) electrons. The van der Waals surface area contributed by atoms with E-state index in [0.29, 0.717) is 41.5 Å². The van der Waals surface area contributed by atoms with Crippen LogP contribution >= 0.6 is 11.6 Å². The van der Waals surface area contributed by atoms with Crippen LogP contribution in [0.4, 0.5) is 0 Å². The maximum absolute atomic E-state index is 11.4. The molecule has 6 nitrogen and oxygen atoms in total. The van der Waals surface area contributed by atoms with Crippen LogP contribution in [-0.2, 0) is 4.79 Å². The fourth-order valence-electron chi connectivity index (χ4n) is 3.30. The van der Waals surface area contributed by atoms with Gasteiger partial charge in [-0.25, -0.2) is 0 Å². The summed E-state index contributed by atoms with van der Waals surface area (Å²) in [5.41, 5.74) is 13.6. The number of aliphatic imine (C=N–C) groups is 1. The van der Waals surface area contributed by atoms with Crippen molar-refractivity contribution in [1.82, 2.24) is 10.2 Å². The molecule has 1 fully saturated rings. The number of allylic oxidation sites excluding steroid dienone is 1. The van der Waals surface area contributed by atoms with Gasteiger partial charge in [-0.3, -0.25) is 14.7 Å². The third-order valence-electron chi connectivity index (χ3n) is 4.83. The van der Waals surface area contributed by atoms with Crippen LogP contribution in [0.2, 0.25) is 0 Å². The van der Waals surface area contributed by atoms with Gasteiger partial charge in [0.15, 0.2) is 5.78 Å². The first kappa shape index (κ1) is 24.7. The van der Waals surface area contributed by atoms with Crippen LogP contribution in [-0.4, -0.2) is 54.6 Å². The SMILES string of the molecule is CCN=C(Cl)/C(CN1CCCCC(NCCC(C)C)C1)=C(N)/C(N)=C/C(C)=O. The zero-order chi connectivity index (χ0) is 21.1. The third-order valence-corrected chi connectivity index (χ3v) is 5.18. The fraction of sp³-hybridized carbons (Fsp3) is 0.714. The molecule has 1 unspecified atom stereocenters. The molecule has 1 rings (SSSR count). The van der Waals surface area contributed by atoms with E-state index in [0.717, 1.165) is 26.1 Å². The van der Waals surface area contributed by atoms with Crippen LogP contribution in [0.3, 0.4) is 0 Å². The van der Waals surface area contributed by atoms with Crippen LogP contribution in [0.1, 0.15) is 53.4 Å². The van der Waals surface area contributed by atoms with Crippen molar-refractivity contribution in [3.05, 3.63) is 23.0 Å². The average Bonchev–Trinajstić information content (AvgIpc) is 2.83. The van der Waals surface area contributed by atoms with Crippen LogP contribution in [0.5, 0.6) is 0 Å². The van der Waals surface area contributed by atoms with Gasteiger partial charge in [0.2, 0.25) is 0 Å². The lowest BCUT2D eigenvalue weighted by molar-refractivity contribution is -0.112. The van der Waals surface area contributed by atoms with E-state index < -0.39 is 0 Å². The Bertz CT molecular complexity index is 598. The summed E-state index contributed by atoms with van der Waals surface area (Å²) in [6.07, 6.45) is 6.02. The van der Waals surface area contributed by atoms with E-state index in [-0.39, 0.29) is 11.5 Å². The first-order valence-electron chi connectivity index (χ1n) is 10.4. The quantitative estimate of drug-likeness (QED) is 0.292. The number of rotatable bonds is 10. The highest BCUT2D eigenvalue weighted by molar-refractivity contribution is 6.69. The minimum absolute atomic E-state index is 0.146. The molecule has 1 heterocycles. The number of nitrogens with two attached hydrogens (primary N) is 2. The monoisotopic (exact) mass is 411 g/mol. The van der Waals surface area contributed by atoms with Gasteiger partial charge in [0.1, 0.15) is 5.17 Å². The van der Waals surface area contributed by atoms with Gasteiger partial charge in [0.05, 0.1) is 11.4 Å². The number of carbonyl (C=O) groups is 1. The lowest BCUT2D eigenvalue weighted by Crippen LogP contribution is -2.41. The highest BCUT2D eigenvalue weighted by Crippen LogP contribution is 2.17. The van der Waals surface area contributed by atoms with Crippen LogP contribution in [0.25, 0.3) is 0 Å². The second-order valence-corrected chi connectivity index (χ2v) is 8.29. The molecule has 1 saturated heterocycles. The molecule has 0 bridgehead atoms. The maximum atomic E-state index is 11.4. The molecule has 5 N–H and O–H groups in total. The highest BCUT2D eigenvalue weighted by atomic mass is 35.5. The minimum Gasteiger partial charge on any atom is -0.397 e. The Morgan fingerprint density at radius 3 is 2.68 bits per heavy atom. The molecule has 0 saturated carbocycles. The number of halogens is 1. The number of likely N-dealkylation sites (tertiary alicyclic amines) is 1. The number of carbonyl (C=O) groups excluding carboxylic acids is 1. The van der Waals surface area contributed by atoms with Gasteiger partial charge in [0.25, 0.3) is 0 Å². The van der Waals surface area contributed by atoms with Crippen molar-refractivity contribution in [2.75, 3.05) is 32.7 Å². The first-order chi connectivity index (χ1) is 13.2.